The molecule has 2 heterocycles. The van der Waals surface area contributed by atoms with E-state index in [1.54, 1.807) is 0 Å². The molecule has 29 heavy (non-hydrogen) atoms. The van der Waals surface area contributed by atoms with E-state index in [0.29, 0.717) is 5.69 Å². The molecular formula is C20H22ClN3O4S. The minimum atomic E-state index is -0.514. The van der Waals surface area contributed by atoms with E-state index in [1.807, 2.05) is 24.3 Å². The summed E-state index contributed by atoms with van der Waals surface area (Å²) < 4.78 is 0.731. The van der Waals surface area contributed by atoms with Crippen LogP contribution in [0.15, 0.2) is 36.4 Å². The monoisotopic (exact) mass is 435 g/mol. The average Bonchev–Trinajstić information content (AvgIpc) is 3.38. The summed E-state index contributed by atoms with van der Waals surface area (Å²) in [5.74, 6) is -0.508. The lowest BCUT2D eigenvalue weighted by Crippen LogP contribution is -2.35. The summed E-state index contributed by atoms with van der Waals surface area (Å²) in [5, 5.41) is 22.5. The molecule has 0 atom stereocenters. The fourth-order valence-corrected chi connectivity index (χ4v) is 4.32. The molecule has 0 aliphatic heterocycles. The first-order valence-electron chi connectivity index (χ1n) is 9.14. The number of halogens is 1. The van der Waals surface area contributed by atoms with Crippen molar-refractivity contribution < 1.29 is 19.8 Å². The Morgan fingerprint density at radius 1 is 1.17 bits per heavy atom. The second-order valence-corrected chi connectivity index (χ2v) is 8.28. The lowest BCUT2D eigenvalue weighted by Gasteiger charge is -2.10. The van der Waals surface area contributed by atoms with Crippen molar-refractivity contribution in [3.8, 4) is 0 Å². The van der Waals surface area contributed by atoms with Crippen LogP contribution >= 0.6 is 22.9 Å². The molecule has 0 fully saturated rings. The Bertz CT molecular complexity index is 944. The van der Waals surface area contributed by atoms with Crippen LogP contribution in [0.5, 0.6) is 0 Å². The van der Waals surface area contributed by atoms with Gasteiger partial charge in [0.15, 0.2) is 0 Å². The van der Waals surface area contributed by atoms with Gasteiger partial charge in [-0.05, 0) is 36.1 Å². The van der Waals surface area contributed by atoms with Gasteiger partial charge in [0.05, 0.1) is 10.9 Å². The highest BCUT2D eigenvalue weighted by atomic mass is 35.5. The number of aromatic amines is 1. The minimum absolute atomic E-state index is 0.0488. The molecule has 0 unspecified atom stereocenters. The van der Waals surface area contributed by atoms with Gasteiger partial charge in [-0.15, -0.1) is 11.3 Å². The molecule has 0 bridgehead atoms. The van der Waals surface area contributed by atoms with Crippen molar-refractivity contribution in [2.45, 2.75) is 18.9 Å². The van der Waals surface area contributed by atoms with Crippen LogP contribution in [-0.2, 0) is 17.6 Å². The first-order chi connectivity index (χ1) is 14.0. The Hall–Kier alpha value is -2.39. The molecule has 1 aliphatic rings. The Morgan fingerprint density at radius 2 is 1.86 bits per heavy atom. The van der Waals surface area contributed by atoms with Crippen LogP contribution in [0, 0.1) is 0 Å². The average molecular weight is 436 g/mol. The van der Waals surface area contributed by atoms with E-state index in [4.69, 9.17) is 21.8 Å². The molecule has 1 aliphatic carbocycles. The summed E-state index contributed by atoms with van der Waals surface area (Å²) in [5.41, 5.74) is 3.27. The third kappa shape index (κ3) is 5.57. The number of nitrogens with one attached hydrogen (secondary N) is 3. The van der Waals surface area contributed by atoms with E-state index in [1.165, 1.54) is 22.5 Å². The quantitative estimate of drug-likeness (QED) is 0.421. The van der Waals surface area contributed by atoms with Gasteiger partial charge < -0.3 is 25.8 Å². The first kappa shape index (κ1) is 21.3. The summed E-state index contributed by atoms with van der Waals surface area (Å²) in [4.78, 5) is 26.5. The molecule has 0 saturated heterocycles. The highest BCUT2D eigenvalue weighted by Crippen LogP contribution is 2.29. The topological polar surface area (TPSA) is 114 Å². The number of aliphatic hydroxyl groups excluding tert-OH is 2. The van der Waals surface area contributed by atoms with E-state index in [2.05, 4.69) is 27.8 Å². The van der Waals surface area contributed by atoms with Crippen molar-refractivity contribution >= 4 is 45.0 Å². The number of thiophene rings is 1. The van der Waals surface area contributed by atoms with Crippen molar-refractivity contribution in [1.82, 2.24) is 15.6 Å². The maximum Gasteiger partial charge on any atom is 0.267 e. The van der Waals surface area contributed by atoms with Crippen LogP contribution < -0.4 is 10.6 Å². The van der Waals surface area contributed by atoms with Crippen molar-refractivity contribution in [3.05, 3.63) is 57.6 Å². The second kappa shape index (κ2) is 9.89. The number of amides is 2. The van der Waals surface area contributed by atoms with Crippen LogP contribution in [-0.4, -0.2) is 52.8 Å². The largest absolute Gasteiger partial charge is 0.395 e. The van der Waals surface area contributed by atoms with Crippen LogP contribution in [0.3, 0.4) is 0 Å². The smallest absolute Gasteiger partial charge is 0.267 e. The van der Waals surface area contributed by atoms with E-state index >= 15 is 0 Å². The van der Waals surface area contributed by atoms with Gasteiger partial charge >= 0.3 is 0 Å². The standard InChI is InChI=1S/C16H13ClN2OS.C4H9NO3/c17-14-8-11-7-13(19-16(11)21-14)15(20)18-12-5-9-3-1-2-4-10(9)6-12;6-2-1-5-4(8)3-7/h1-4,7-8,12,19H,5-6H2,(H,18,20);6-7H,1-3H2,(H,5,8). The van der Waals surface area contributed by atoms with Crippen molar-refractivity contribution in [1.29, 1.82) is 0 Å². The number of hydrogen-bond donors (Lipinski definition) is 5. The number of fused-ring (bicyclic) bond motifs is 2. The summed E-state index contributed by atoms with van der Waals surface area (Å²) in [6, 6.07) is 12.3. The molecular weight excluding hydrogens is 414 g/mol. The van der Waals surface area contributed by atoms with E-state index in [9.17, 15) is 9.59 Å². The van der Waals surface area contributed by atoms with Crippen LogP contribution in [0.4, 0.5) is 0 Å². The van der Waals surface area contributed by atoms with Gasteiger partial charge in [0.1, 0.15) is 17.1 Å². The summed E-state index contributed by atoms with van der Waals surface area (Å²) in [7, 11) is 0. The number of rotatable bonds is 5. The van der Waals surface area contributed by atoms with Gasteiger partial charge in [-0.1, -0.05) is 35.9 Å². The molecule has 9 heteroatoms. The van der Waals surface area contributed by atoms with Crippen molar-refractivity contribution in [2.75, 3.05) is 19.8 Å². The first-order valence-corrected chi connectivity index (χ1v) is 10.3. The van der Waals surface area contributed by atoms with E-state index in [0.717, 1.165) is 27.4 Å². The molecule has 1 aromatic carbocycles. The van der Waals surface area contributed by atoms with E-state index in [-0.39, 0.29) is 25.1 Å². The Balaban J connectivity index is 0.000000258. The molecule has 5 N–H and O–H groups in total. The molecule has 2 aromatic heterocycles. The lowest BCUT2D eigenvalue weighted by atomic mass is 10.1. The molecule has 3 aromatic rings. The van der Waals surface area contributed by atoms with Crippen LogP contribution in [0.25, 0.3) is 10.2 Å². The van der Waals surface area contributed by atoms with Gasteiger partial charge in [-0.2, -0.15) is 0 Å². The van der Waals surface area contributed by atoms with Crippen LogP contribution in [0.1, 0.15) is 21.6 Å². The third-order valence-corrected chi connectivity index (χ3v) is 5.68. The molecule has 154 valence electrons. The number of aliphatic hydroxyl groups is 2. The van der Waals surface area contributed by atoms with Crippen molar-refractivity contribution in [2.24, 2.45) is 0 Å². The maximum absolute atomic E-state index is 12.3. The highest BCUT2D eigenvalue weighted by molar-refractivity contribution is 7.22. The molecule has 0 saturated carbocycles. The Kier molecular flexibility index (Phi) is 7.27. The zero-order valence-corrected chi connectivity index (χ0v) is 17.1. The summed E-state index contributed by atoms with van der Waals surface area (Å²) >= 11 is 7.40. The third-order valence-electron chi connectivity index (χ3n) is 4.49. The zero-order valence-electron chi connectivity index (χ0n) is 15.6. The zero-order chi connectivity index (χ0) is 20.8. The normalized spacial score (nSPS) is 12.9. The predicted octanol–water partition coefficient (Wildman–Crippen LogP) is 1.87. The van der Waals surface area contributed by atoms with Crippen molar-refractivity contribution in [3.63, 3.8) is 0 Å². The summed E-state index contributed by atoms with van der Waals surface area (Å²) in [6.07, 6.45) is 1.81. The van der Waals surface area contributed by atoms with Gasteiger partial charge in [-0.3, -0.25) is 9.59 Å². The van der Waals surface area contributed by atoms with Gasteiger partial charge in [0, 0.05) is 18.0 Å². The summed E-state index contributed by atoms with van der Waals surface area (Å²) in [6.45, 7) is -0.398. The second-order valence-electron chi connectivity index (χ2n) is 6.60. The highest BCUT2D eigenvalue weighted by Gasteiger charge is 2.23. The fraction of sp³-hybridized carbons (Fsp3) is 0.300. The number of carbonyl (C=O) groups is 2. The van der Waals surface area contributed by atoms with Gasteiger partial charge in [0.2, 0.25) is 5.91 Å². The number of aromatic nitrogens is 1. The molecule has 2 amide bonds. The Labute approximate surface area is 176 Å². The molecule has 4 rings (SSSR count). The number of H-pyrrole nitrogens is 1. The fourth-order valence-electron chi connectivity index (χ4n) is 3.19. The number of carbonyl (C=O) groups excluding carboxylic acids is 2. The number of benzene rings is 1. The number of hydrogen-bond acceptors (Lipinski definition) is 5. The SMILES string of the molecule is O=C(CO)NCCO.O=C(NC1Cc2ccccc2C1)c1cc2cc(Cl)sc2[nH]1. The lowest BCUT2D eigenvalue weighted by molar-refractivity contribution is -0.123. The maximum atomic E-state index is 12.3. The Morgan fingerprint density at radius 3 is 2.45 bits per heavy atom. The predicted molar refractivity (Wildman–Crippen MR) is 113 cm³/mol. The van der Waals surface area contributed by atoms with Crippen LogP contribution in [0.2, 0.25) is 4.34 Å². The minimum Gasteiger partial charge on any atom is -0.395 e. The molecule has 7 nitrogen and oxygen atoms in total. The molecule has 0 radical (unpaired) electrons. The van der Waals surface area contributed by atoms with E-state index < -0.39 is 12.5 Å². The van der Waals surface area contributed by atoms with Gasteiger partial charge in [-0.25, -0.2) is 0 Å². The van der Waals surface area contributed by atoms with Gasteiger partial charge in [0.25, 0.3) is 5.91 Å². The molecule has 0 spiro atoms.